The van der Waals surface area contributed by atoms with Gasteiger partial charge in [0.15, 0.2) is 0 Å². The fourth-order valence-electron chi connectivity index (χ4n) is 1.84. The third-order valence-electron chi connectivity index (χ3n) is 3.21. The Morgan fingerprint density at radius 2 is 1.94 bits per heavy atom. The standard InChI is InChI=1S/C12H18N2O2S/c1-9(11-4-5-11)14-8-10-2-6-12(7-3-10)17(13,15)16/h2-3,6-7,9,11,14H,4-5,8H2,1H3,(H2,13,15,16). The van der Waals surface area contributed by atoms with Crippen molar-refractivity contribution in [3.8, 4) is 0 Å². The zero-order valence-corrected chi connectivity index (χ0v) is 10.7. The highest BCUT2D eigenvalue weighted by Crippen LogP contribution is 2.32. The Bertz CT molecular complexity index is 478. The first-order valence-corrected chi connectivity index (χ1v) is 7.36. The van der Waals surface area contributed by atoms with Gasteiger partial charge in [0.2, 0.25) is 10.0 Å². The van der Waals surface area contributed by atoms with Crippen LogP contribution >= 0.6 is 0 Å². The second kappa shape index (κ2) is 4.76. The van der Waals surface area contributed by atoms with Crippen LogP contribution in [0.15, 0.2) is 29.2 Å². The fourth-order valence-corrected chi connectivity index (χ4v) is 2.35. The number of rotatable bonds is 5. The molecule has 1 unspecified atom stereocenters. The molecule has 0 aliphatic heterocycles. The lowest BCUT2D eigenvalue weighted by Crippen LogP contribution is -2.27. The second-order valence-electron chi connectivity index (χ2n) is 4.70. The summed E-state index contributed by atoms with van der Waals surface area (Å²) < 4.78 is 22.1. The molecule has 0 saturated heterocycles. The lowest BCUT2D eigenvalue weighted by atomic mass is 10.2. The summed E-state index contributed by atoms with van der Waals surface area (Å²) in [5.41, 5.74) is 1.07. The highest BCUT2D eigenvalue weighted by Gasteiger charge is 2.27. The molecule has 1 atom stereocenters. The molecule has 0 radical (unpaired) electrons. The molecule has 0 amide bonds. The van der Waals surface area contributed by atoms with Crippen LogP contribution in [0.4, 0.5) is 0 Å². The molecule has 1 aromatic carbocycles. The van der Waals surface area contributed by atoms with Crippen molar-refractivity contribution in [1.82, 2.24) is 5.32 Å². The quantitative estimate of drug-likeness (QED) is 0.830. The minimum Gasteiger partial charge on any atom is -0.310 e. The average Bonchev–Trinajstić information content (AvgIpc) is 3.09. The number of hydrogen-bond donors (Lipinski definition) is 2. The maximum atomic E-state index is 11.1. The summed E-state index contributed by atoms with van der Waals surface area (Å²) in [6, 6.07) is 7.23. The predicted molar refractivity (Wildman–Crippen MR) is 66.8 cm³/mol. The maximum Gasteiger partial charge on any atom is 0.238 e. The van der Waals surface area contributed by atoms with Gasteiger partial charge in [-0.2, -0.15) is 0 Å². The molecule has 1 aliphatic rings. The van der Waals surface area contributed by atoms with Crippen LogP contribution in [0.3, 0.4) is 0 Å². The molecule has 0 spiro atoms. The van der Waals surface area contributed by atoms with Gasteiger partial charge in [-0.15, -0.1) is 0 Å². The van der Waals surface area contributed by atoms with Crippen molar-refractivity contribution in [2.45, 2.75) is 37.2 Å². The van der Waals surface area contributed by atoms with Crippen molar-refractivity contribution in [2.75, 3.05) is 0 Å². The Labute approximate surface area is 102 Å². The lowest BCUT2D eigenvalue weighted by molar-refractivity contribution is 0.496. The van der Waals surface area contributed by atoms with Crippen LogP contribution in [0, 0.1) is 5.92 Å². The van der Waals surface area contributed by atoms with Crippen molar-refractivity contribution in [3.05, 3.63) is 29.8 Å². The summed E-state index contributed by atoms with van der Waals surface area (Å²) in [5.74, 6) is 0.818. The van der Waals surface area contributed by atoms with E-state index in [1.807, 2.05) is 0 Å². The molecule has 0 bridgehead atoms. The zero-order chi connectivity index (χ0) is 12.5. The van der Waals surface area contributed by atoms with E-state index in [0.29, 0.717) is 6.04 Å². The number of nitrogens with one attached hydrogen (secondary N) is 1. The van der Waals surface area contributed by atoms with Gasteiger partial charge >= 0.3 is 0 Å². The van der Waals surface area contributed by atoms with Gasteiger partial charge in [-0.05, 0) is 43.4 Å². The lowest BCUT2D eigenvalue weighted by Gasteiger charge is -2.12. The number of sulfonamides is 1. The fraction of sp³-hybridized carbons (Fsp3) is 0.500. The molecule has 4 nitrogen and oxygen atoms in total. The van der Waals surface area contributed by atoms with Crippen molar-refractivity contribution in [1.29, 1.82) is 0 Å². The van der Waals surface area contributed by atoms with E-state index in [0.717, 1.165) is 18.0 Å². The molecule has 1 saturated carbocycles. The average molecular weight is 254 g/mol. The van der Waals surface area contributed by atoms with E-state index in [2.05, 4.69) is 12.2 Å². The highest BCUT2D eigenvalue weighted by molar-refractivity contribution is 7.89. The van der Waals surface area contributed by atoms with Crippen LogP contribution < -0.4 is 10.5 Å². The van der Waals surface area contributed by atoms with Crippen LogP contribution in [0.1, 0.15) is 25.3 Å². The first-order chi connectivity index (χ1) is 7.97. The molecular formula is C12H18N2O2S. The van der Waals surface area contributed by atoms with E-state index < -0.39 is 10.0 Å². The smallest absolute Gasteiger partial charge is 0.238 e. The van der Waals surface area contributed by atoms with Crippen LogP contribution in [0.5, 0.6) is 0 Å². The zero-order valence-electron chi connectivity index (χ0n) is 9.89. The maximum absolute atomic E-state index is 11.1. The Balaban J connectivity index is 1.93. The second-order valence-corrected chi connectivity index (χ2v) is 6.26. The summed E-state index contributed by atoms with van der Waals surface area (Å²) in [6.07, 6.45) is 2.64. The SMILES string of the molecule is CC(NCc1ccc(S(N)(=O)=O)cc1)C1CC1. The van der Waals surface area contributed by atoms with Crippen LogP contribution in [-0.4, -0.2) is 14.5 Å². The third kappa shape index (κ3) is 3.52. The van der Waals surface area contributed by atoms with Crippen molar-refractivity contribution >= 4 is 10.0 Å². The first kappa shape index (κ1) is 12.5. The van der Waals surface area contributed by atoms with Gasteiger partial charge in [0.25, 0.3) is 0 Å². The minimum absolute atomic E-state index is 0.163. The highest BCUT2D eigenvalue weighted by atomic mass is 32.2. The number of primary sulfonamides is 1. The first-order valence-electron chi connectivity index (χ1n) is 5.82. The van der Waals surface area contributed by atoms with Gasteiger partial charge in [-0.25, -0.2) is 13.6 Å². The van der Waals surface area contributed by atoms with Crippen molar-refractivity contribution < 1.29 is 8.42 Å². The van der Waals surface area contributed by atoms with Crippen LogP contribution in [0.2, 0.25) is 0 Å². The van der Waals surface area contributed by atoms with Gasteiger partial charge < -0.3 is 5.32 Å². The summed E-state index contributed by atoms with van der Waals surface area (Å²) in [4.78, 5) is 0.163. The van der Waals surface area contributed by atoms with Gasteiger partial charge in [0.05, 0.1) is 4.90 Å². The van der Waals surface area contributed by atoms with Crippen LogP contribution in [-0.2, 0) is 16.6 Å². The van der Waals surface area contributed by atoms with E-state index in [1.165, 1.54) is 12.8 Å². The van der Waals surface area contributed by atoms with E-state index >= 15 is 0 Å². The Morgan fingerprint density at radius 1 is 1.35 bits per heavy atom. The molecule has 94 valence electrons. The summed E-state index contributed by atoms with van der Waals surface area (Å²) in [5, 5.41) is 8.47. The summed E-state index contributed by atoms with van der Waals surface area (Å²) >= 11 is 0. The third-order valence-corrected chi connectivity index (χ3v) is 4.14. The number of nitrogens with two attached hydrogens (primary N) is 1. The Hall–Kier alpha value is -0.910. The van der Waals surface area contributed by atoms with E-state index in [4.69, 9.17) is 5.14 Å². The number of benzene rings is 1. The van der Waals surface area contributed by atoms with Gasteiger partial charge in [0, 0.05) is 12.6 Å². The molecule has 3 N–H and O–H groups in total. The predicted octanol–water partition coefficient (Wildman–Crippen LogP) is 1.22. The summed E-state index contributed by atoms with van der Waals surface area (Å²) in [7, 11) is -3.57. The molecule has 5 heteroatoms. The topological polar surface area (TPSA) is 72.2 Å². The molecule has 0 aromatic heterocycles. The Kier molecular flexibility index (Phi) is 3.51. The van der Waals surface area contributed by atoms with Crippen LogP contribution in [0.25, 0.3) is 0 Å². The molecule has 1 aromatic rings. The van der Waals surface area contributed by atoms with Gasteiger partial charge in [-0.1, -0.05) is 12.1 Å². The van der Waals surface area contributed by atoms with Crippen molar-refractivity contribution in [3.63, 3.8) is 0 Å². The molecule has 1 aliphatic carbocycles. The molecule has 0 heterocycles. The normalized spacial score (nSPS) is 18.0. The van der Waals surface area contributed by atoms with Gasteiger partial charge in [0.1, 0.15) is 0 Å². The van der Waals surface area contributed by atoms with Crippen molar-refractivity contribution in [2.24, 2.45) is 11.1 Å². The largest absolute Gasteiger partial charge is 0.310 e. The molecule has 17 heavy (non-hydrogen) atoms. The molecule has 2 rings (SSSR count). The van der Waals surface area contributed by atoms with Gasteiger partial charge in [-0.3, -0.25) is 0 Å². The monoisotopic (exact) mass is 254 g/mol. The minimum atomic E-state index is -3.57. The number of hydrogen-bond acceptors (Lipinski definition) is 3. The van der Waals surface area contributed by atoms with E-state index in [9.17, 15) is 8.42 Å². The molecule has 1 fully saturated rings. The van der Waals surface area contributed by atoms with E-state index in [1.54, 1.807) is 24.3 Å². The van der Waals surface area contributed by atoms with E-state index in [-0.39, 0.29) is 4.90 Å². The summed E-state index contributed by atoms with van der Waals surface area (Å²) in [6.45, 7) is 2.96. The molecular weight excluding hydrogens is 236 g/mol. The Morgan fingerprint density at radius 3 is 2.41 bits per heavy atom.